The van der Waals surface area contributed by atoms with E-state index in [0.29, 0.717) is 0 Å². The molecule has 3 nitrogen and oxygen atoms in total. The number of rotatable bonds is 4. The summed E-state index contributed by atoms with van der Waals surface area (Å²) in [7, 11) is 0. The fourth-order valence-corrected chi connectivity index (χ4v) is 1.85. The number of benzene rings is 1. The van der Waals surface area contributed by atoms with E-state index in [1.54, 1.807) is 6.92 Å². The molecule has 0 bridgehead atoms. The quantitative estimate of drug-likeness (QED) is 0.889. The van der Waals surface area contributed by atoms with E-state index in [-0.39, 0.29) is 17.9 Å². The Kier molecular flexibility index (Phi) is 4.38. The van der Waals surface area contributed by atoms with Gasteiger partial charge in [-0.05, 0) is 36.5 Å². The van der Waals surface area contributed by atoms with Gasteiger partial charge in [-0.15, -0.1) is 0 Å². The Morgan fingerprint density at radius 3 is 2.50 bits per heavy atom. The molecule has 0 amide bonds. The molecule has 1 N–H and O–H groups in total. The van der Waals surface area contributed by atoms with Crippen LogP contribution >= 0.6 is 0 Å². The zero-order valence-corrected chi connectivity index (χ0v) is 11.8. The van der Waals surface area contributed by atoms with Crippen molar-refractivity contribution in [3.8, 4) is 5.75 Å². The summed E-state index contributed by atoms with van der Waals surface area (Å²) in [5.41, 5.74) is 2.19. The molecular weight excluding hydrogens is 228 g/mol. The summed E-state index contributed by atoms with van der Waals surface area (Å²) in [5.74, 6) is -0.0521. The van der Waals surface area contributed by atoms with Gasteiger partial charge in [-0.2, -0.15) is 0 Å². The molecule has 1 aromatic rings. The molecule has 0 aliphatic carbocycles. The summed E-state index contributed by atoms with van der Waals surface area (Å²) < 4.78 is 5.78. The van der Waals surface area contributed by atoms with Gasteiger partial charge in [0.2, 0.25) is 0 Å². The molecule has 0 saturated carbocycles. The van der Waals surface area contributed by atoms with Crippen LogP contribution in [0.1, 0.15) is 45.2 Å². The Labute approximate surface area is 109 Å². The van der Waals surface area contributed by atoms with Gasteiger partial charge in [-0.25, -0.2) is 0 Å². The second-order valence-corrected chi connectivity index (χ2v) is 5.78. The number of aryl methyl sites for hydroxylation is 1. The van der Waals surface area contributed by atoms with E-state index < -0.39 is 5.97 Å². The molecule has 3 heteroatoms. The summed E-state index contributed by atoms with van der Waals surface area (Å²) >= 11 is 0. The van der Waals surface area contributed by atoms with Gasteiger partial charge in [0.1, 0.15) is 11.9 Å². The normalized spacial score (nSPS) is 13.2. The van der Waals surface area contributed by atoms with E-state index in [1.807, 2.05) is 13.0 Å². The van der Waals surface area contributed by atoms with Gasteiger partial charge in [-0.1, -0.05) is 32.9 Å². The monoisotopic (exact) mass is 250 g/mol. The van der Waals surface area contributed by atoms with Gasteiger partial charge in [0.15, 0.2) is 0 Å². The zero-order valence-electron chi connectivity index (χ0n) is 11.8. The number of carboxylic acids is 1. The minimum atomic E-state index is -0.840. The first-order valence-corrected chi connectivity index (χ1v) is 6.19. The molecule has 0 fully saturated rings. The van der Waals surface area contributed by atoms with Crippen molar-refractivity contribution in [2.45, 2.75) is 52.6 Å². The lowest BCUT2D eigenvalue weighted by atomic mass is 9.86. The average molecular weight is 250 g/mol. The molecule has 18 heavy (non-hydrogen) atoms. The molecule has 0 aliphatic heterocycles. The van der Waals surface area contributed by atoms with Crippen molar-refractivity contribution < 1.29 is 14.6 Å². The zero-order chi connectivity index (χ0) is 13.9. The highest BCUT2D eigenvalue weighted by Crippen LogP contribution is 2.32. The molecule has 1 rings (SSSR count). The summed E-state index contributed by atoms with van der Waals surface area (Å²) in [5, 5.41) is 8.77. The van der Waals surface area contributed by atoms with E-state index in [1.165, 1.54) is 0 Å². The summed E-state index contributed by atoms with van der Waals surface area (Å²) in [6.07, 6.45) is -0.317. The van der Waals surface area contributed by atoms with Crippen LogP contribution in [-0.4, -0.2) is 17.2 Å². The lowest BCUT2D eigenvalue weighted by molar-refractivity contribution is -0.138. The van der Waals surface area contributed by atoms with Crippen LogP contribution in [0.5, 0.6) is 5.75 Å². The standard InChI is InChI=1S/C15H22O3/c1-10-6-7-12(15(3,4)5)13(8-10)18-11(2)9-14(16)17/h6-8,11H,9H2,1-5H3,(H,16,17)/t11-/m1/s1. The van der Waals surface area contributed by atoms with E-state index >= 15 is 0 Å². The van der Waals surface area contributed by atoms with E-state index in [9.17, 15) is 4.79 Å². The smallest absolute Gasteiger partial charge is 0.307 e. The summed E-state index contributed by atoms with van der Waals surface area (Å²) in [4.78, 5) is 10.7. The first-order chi connectivity index (χ1) is 8.20. The Balaban J connectivity index is 2.99. The Bertz CT molecular complexity index is 430. The lowest BCUT2D eigenvalue weighted by Gasteiger charge is -2.25. The van der Waals surface area contributed by atoms with Crippen molar-refractivity contribution in [3.05, 3.63) is 29.3 Å². The van der Waals surface area contributed by atoms with Crippen LogP contribution in [0.15, 0.2) is 18.2 Å². The fourth-order valence-electron chi connectivity index (χ4n) is 1.85. The molecule has 0 radical (unpaired) electrons. The van der Waals surface area contributed by atoms with E-state index in [2.05, 4.69) is 32.9 Å². The average Bonchev–Trinajstić information content (AvgIpc) is 2.13. The van der Waals surface area contributed by atoms with Crippen molar-refractivity contribution in [3.63, 3.8) is 0 Å². The maximum absolute atomic E-state index is 10.7. The minimum Gasteiger partial charge on any atom is -0.490 e. The molecule has 1 aromatic carbocycles. The molecule has 1 atom stereocenters. The molecule has 0 aliphatic rings. The number of hydrogen-bond acceptors (Lipinski definition) is 2. The highest BCUT2D eigenvalue weighted by Gasteiger charge is 2.20. The van der Waals surface area contributed by atoms with Gasteiger partial charge >= 0.3 is 5.97 Å². The van der Waals surface area contributed by atoms with Crippen molar-refractivity contribution in [1.29, 1.82) is 0 Å². The maximum Gasteiger partial charge on any atom is 0.307 e. The minimum absolute atomic E-state index is 0.0114. The first kappa shape index (κ1) is 14.6. The van der Waals surface area contributed by atoms with Crippen LogP contribution in [0, 0.1) is 6.92 Å². The highest BCUT2D eigenvalue weighted by molar-refractivity contribution is 5.67. The number of hydrogen-bond donors (Lipinski definition) is 1. The van der Waals surface area contributed by atoms with Crippen LogP contribution in [0.3, 0.4) is 0 Å². The number of carbonyl (C=O) groups is 1. The maximum atomic E-state index is 10.7. The summed E-state index contributed by atoms with van der Waals surface area (Å²) in [6, 6.07) is 6.08. The third-order valence-electron chi connectivity index (χ3n) is 2.74. The third kappa shape index (κ3) is 4.06. The molecular formula is C15H22O3. The SMILES string of the molecule is Cc1ccc(C(C)(C)C)c(O[C@H](C)CC(=O)O)c1. The van der Waals surface area contributed by atoms with Gasteiger partial charge < -0.3 is 9.84 Å². The van der Waals surface area contributed by atoms with Crippen molar-refractivity contribution >= 4 is 5.97 Å². The molecule has 0 saturated heterocycles. The van der Waals surface area contributed by atoms with Gasteiger partial charge in [0.05, 0.1) is 6.42 Å². The topological polar surface area (TPSA) is 46.5 Å². The summed E-state index contributed by atoms with van der Waals surface area (Å²) in [6.45, 7) is 10.1. The molecule has 0 unspecified atom stereocenters. The number of carboxylic acid groups (broad SMARTS) is 1. The van der Waals surface area contributed by atoms with Gasteiger partial charge in [0.25, 0.3) is 0 Å². The Morgan fingerprint density at radius 1 is 1.39 bits per heavy atom. The molecule has 0 heterocycles. The predicted octanol–water partition coefficient (Wildman–Crippen LogP) is 3.53. The highest BCUT2D eigenvalue weighted by atomic mass is 16.5. The van der Waals surface area contributed by atoms with Gasteiger partial charge in [0, 0.05) is 0 Å². The molecule has 0 spiro atoms. The van der Waals surface area contributed by atoms with Crippen LogP contribution in [0.4, 0.5) is 0 Å². The lowest BCUT2D eigenvalue weighted by Crippen LogP contribution is -2.20. The van der Waals surface area contributed by atoms with E-state index in [4.69, 9.17) is 9.84 Å². The predicted molar refractivity (Wildman–Crippen MR) is 72.2 cm³/mol. The largest absolute Gasteiger partial charge is 0.490 e. The Morgan fingerprint density at radius 2 is 2.00 bits per heavy atom. The van der Waals surface area contributed by atoms with Crippen LogP contribution < -0.4 is 4.74 Å². The number of aliphatic carboxylic acids is 1. The van der Waals surface area contributed by atoms with Gasteiger partial charge in [-0.3, -0.25) is 4.79 Å². The third-order valence-corrected chi connectivity index (χ3v) is 2.74. The second-order valence-electron chi connectivity index (χ2n) is 5.78. The fraction of sp³-hybridized carbons (Fsp3) is 0.533. The molecule has 0 aromatic heterocycles. The van der Waals surface area contributed by atoms with E-state index in [0.717, 1.165) is 16.9 Å². The Hall–Kier alpha value is -1.51. The first-order valence-electron chi connectivity index (χ1n) is 6.19. The second kappa shape index (κ2) is 5.42. The van der Waals surface area contributed by atoms with Crippen LogP contribution in [0.2, 0.25) is 0 Å². The number of ether oxygens (including phenoxy) is 1. The van der Waals surface area contributed by atoms with Crippen molar-refractivity contribution in [1.82, 2.24) is 0 Å². The van der Waals surface area contributed by atoms with Crippen LogP contribution in [0.25, 0.3) is 0 Å². The molecule has 100 valence electrons. The van der Waals surface area contributed by atoms with Crippen molar-refractivity contribution in [2.24, 2.45) is 0 Å². The van der Waals surface area contributed by atoms with Crippen molar-refractivity contribution in [2.75, 3.05) is 0 Å². The van der Waals surface area contributed by atoms with Crippen LogP contribution in [-0.2, 0) is 10.2 Å².